The van der Waals surface area contributed by atoms with Crippen LogP contribution in [0.1, 0.15) is 26.4 Å². The van der Waals surface area contributed by atoms with Crippen LogP contribution in [0.2, 0.25) is 0 Å². The number of hydrogen-bond donors (Lipinski definition) is 0. The highest BCUT2D eigenvalue weighted by molar-refractivity contribution is 7.21. The van der Waals surface area contributed by atoms with Gasteiger partial charge in [-0.2, -0.15) is 0 Å². The summed E-state index contributed by atoms with van der Waals surface area (Å²) in [5.74, 6) is 0.686. The van der Waals surface area contributed by atoms with Crippen molar-refractivity contribution in [2.45, 2.75) is 13.5 Å². The van der Waals surface area contributed by atoms with E-state index in [-0.39, 0.29) is 5.78 Å². The van der Waals surface area contributed by atoms with Gasteiger partial charge < -0.3 is 4.74 Å². The fraction of sp³-hybridized carbons (Fsp3) is 0.0870. The minimum Gasteiger partial charge on any atom is -0.487 e. The van der Waals surface area contributed by atoms with Gasteiger partial charge in [0.15, 0.2) is 0 Å². The second-order valence-electron chi connectivity index (χ2n) is 6.23. The van der Waals surface area contributed by atoms with Crippen molar-refractivity contribution in [1.82, 2.24) is 0 Å². The molecule has 0 unspecified atom stereocenters. The zero-order chi connectivity index (χ0) is 17.9. The maximum absolute atomic E-state index is 13.0. The molecule has 0 saturated heterocycles. The Balaban J connectivity index is 1.72. The summed E-state index contributed by atoms with van der Waals surface area (Å²) in [6.45, 7) is 2.50. The van der Waals surface area contributed by atoms with Crippen LogP contribution in [0.25, 0.3) is 10.1 Å². The van der Waals surface area contributed by atoms with Gasteiger partial charge in [0.2, 0.25) is 5.78 Å². The first-order chi connectivity index (χ1) is 12.7. The lowest BCUT2D eigenvalue weighted by molar-refractivity contribution is 0.103. The molecule has 0 aliphatic carbocycles. The van der Waals surface area contributed by atoms with Crippen LogP contribution in [0, 0.1) is 6.92 Å². The van der Waals surface area contributed by atoms with Crippen LogP contribution in [-0.4, -0.2) is 5.78 Å². The summed E-state index contributed by atoms with van der Waals surface area (Å²) in [5, 5.41) is 0.990. The van der Waals surface area contributed by atoms with Gasteiger partial charge in [-0.25, -0.2) is 0 Å². The molecule has 0 radical (unpaired) electrons. The van der Waals surface area contributed by atoms with Crippen molar-refractivity contribution in [2.75, 3.05) is 0 Å². The van der Waals surface area contributed by atoms with E-state index in [2.05, 4.69) is 31.2 Å². The van der Waals surface area contributed by atoms with Crippen LogP contribution in [0.15, 0.2) is 78.9 Å². The third-order valence-electron chi connectivity index (χ3n) is 4.30. The lowest BCUT2D eigenvalue weighted by atomic mass is 10.1. The number of ether oxygens (including phenoxy) is 1. The molecule has 3 heteroatoms. The number of aryl methyl sites for hydroxylation is 1. The molecule has 0 aliphatic rings. The van der Waals surface area contributed by atoms with E-state index in [1.807, 2.05) is 54.6 Å². The minimum absolute atomic E-state index is 0.00528. The summed E-state index contributed by atoms with van der Waals surface area (Å²) in [7, 11) is 0. The smallest absolute Gasteiger partial charge is 0.206 e. The Morgan fingerprint density at radius 3 is 2.35 bits per heavy atom. The number of rotatable bonds is 5. The molecule has 0 bridgehead atoms. The van der Waals surface area contributed by atoms with E-state index in [0.717, 1.165) is 15.6 Å². The van der Waals surface area contributed by atoms with Crippen molar-refractivity contribution >= 4 is 27.2 Å². The first-order valence-electron chi connectivity index (χ1n) is 8.52. The van der Waals surface area contributed by atoms with Crippen molar-refractivity contribution in [3.8, 4) is 5.75 Å². The number of fused-ring (bicyclic) bond motifs is 1. The quantitative estimate of drug-likeness (QED) is 0.408. The Kier molecular flexibility index (Phi) is 4.55. The van der Waals surface area contributed by atoms with Gasteiger partial charge in [-0.1, -0.05) is 72.3 Å². The number of hydrogen-bond acceptors (Lipinski definition) is 3. The summed E-state index contributed by atoms with van der Waals surface area (Å²) in [5.41, 5.74) is 2.98. The van der Waals surface area contributed by atoms with Gasteiger partial charge >= 0.3 is 0 Å². The molecule has 0 aliphatic heterocycles. The molecular formula is C23H18O2S. The Bertz CT molecular complexity index is 1050. The largest absolute Gasteiger partial charge is 0.487 e. The molecular weight excluding hydrogens is 340 g/mol. The molecule has 0 fully saturated rings. The second-order valence-corrected chi connectivity index (χ2v) is 7.28. The van der Waals surface area contributed by atoms with E-state index >= 15 is 0 Å². The summed E-state index contributed by atoms with van der Waals surface area (Å²) < 4.78 is 7.21. The number of benzene rings is 3. The maximum Gasteiger partial charge on any atom is 0.206 e. The van der Waals surface area contributed by atoms with Crippen LogP contribution < -0.4 is 4.74 Å². The lowest BCUT2D eigenvalue weighted by Crippen LogP contribution is -2.03. The molecule has 0 saturated carbocycles. The molecule has 0 amide bonds. The van der Waals surface area contributed by atoms with Gasteiger partial charge in [-0.3, -0.25) is 4.79 Å². The molecule has 1 aromatic heterocycles. The zero-order valence-corrected chi connectivity index (χ0v) is 15.3. The zero-order valence-electron chi connectivity index (χ0n) is 14.4. The molecule has 1 heterocycles. The number of ketones is 1. The Hall–Kier alpha value is -2.91. The Morgan fingerprint density at radius 2 is 1.58 bits per heavy atom. The Labute approximate surface area is 156 Å². The molecule has 0 N–H and O–H groups in total. The van der Waals surface area contributed by atoms with Gasteiger partial charge in [-0.15, -0.1) is 11.3 Å². The van der Waals surface area contributed by atoms with Crippen LogP contribution in [0.5, 0.6) is 5.75 Å². The normalized spacial score (nSPS) is 10.8. The average molecular weight is 358 g/mol. The second kappa shape index (κ2) is 7.14. The van der Waals surface area contributed by atoms with Crippen LogP contribution in [0.3, 0.4) is 0 Å². The van der Waals surface area contributed by atoms with E-state index in [9.17, 15) is 4.79 Å². The van der Waals surface area contributed by atoms with E-state index in [1.165, 1.54) is 16.9 Å². The van der Waals surface area contributed by atoms with Gasteiger partial charge in [0, 0.05) is 15.6 Å². The highest BCUT2D eigenvalue weighted by Gasteiger charge is 2.21. The molecule has 26 heavy (non-hydrogen) atoms. The molecule has 4 rings (SSSR count). The molecule has 0 spiro atoms. The number of carbonyl (C=O) groups is 1. The Morgan fingerprint density at radius 1 is 0.885 bits per heavy atom. The lowest BCUT2D eigenvalue weighted by Gasteiger charge is -2.08. The SMILES string of the molecule is Cc1ccc(COc2c(C(=O)c3ccccc3)sc3ccccc23)cc1. The summed E-state index contributed by atoms with van der Waals surface area (Å²) in [6.07, 6.45) is 0. The summed E-state index contributed by atoms with van der Waals surface area (Å²) in [4.78, 5) is 13.7. The first-order valence-corrected chi connectivity index (χ1v) is 9.33. The highest BCUT2D eigenvalue weighted by Crippen LogP contribution is 2.39. The number of carbonyl (C=O) groups excluding carboxylic acids is 1. The summed E-state index contributed by atoms with van der Waals surface area (Å²) >= 11 is 1.49. The molecule has 128 valence electrons. The van der Waals surface area contributed by atoms with Gasteiger partial charge in [0.05, 0.1) is 0 Å². The third-order valence-corrected chi connectivity index (χ3v) is 5.45. The van der Waals surface area contributed by atoms with Crippen LogP contribution in [0.4, 0.5) is 0 Å². The third kappa shape index (κ3) is 3.26. The van der Waals surface area contributed by atoms with Crippen molar-refractivity contribution < 1.29 is 9.53 Å². The predicted molar refractivity (Wildman–Crippen MR) is 107 cm³/mol. The van der Waals surface area contributed by atoms with Crippen molar-refractivity contribution in [3.63, 3.8) is 0 Å². The monoisotopic (exact) mass is 358 g/mol. The van der Waals surface area contributed by atoms with Crippen molar-refractivity contribution in [3.05, 3.63) is 100 Å². The first kappa shape index (κ1) is 16.6. The van der Waals surface area contributed by atoms with Crippen LogP contribution in [-0.2, 0) is 6.61 Å². The van der Waals surface area contributed by atoms with Crippen LogP contribution >= 0.6 is 11.3 Å². The predicted octanol–water partition coefficient (Wildman–Crippen LogP) is 6.02. The number of thiophene rings is 1. The van der Waals surface area contributed by atoms with Crippen molar-refractivity contribution in [1.29, 1.82) is 0 Å². The molecule has 4 aromatic rings. The minimum atomic E-state index is 0.00528. The van der Waals surface area contributed by atoms with Gasteiger partial charge in [-0.05, 0) is 24.6 Å². The highest BCUT2D eigenvalue weighted by atomic mass is 32.1. The molecule has 0 atom stereocenters. The fourth-order valence-corrected chi connectivity index (χ4v) is 3.98. The average Bonchev–Trinajstić information content (AvgIpc) is 3.06. The van der Waals surface area contributed by atoms with E-state index in [0.29, 0.717) is 22.8 Å². The topological polar surface area (TPSA) is 26.3 Å². The van der Waals surface area contributed by atoms with Gasteiger partial charge in [0.25, 0.3) is 0 Å². The van der Waals surface area contributed by atoms with E-state index < -0.39 is 0 Å². The van der Waals surface area contributed by atoms with Gasteiger partial charge in [0.1, 0.15) is 17.2 Å². The standard InChI is InChI=1S/C23H18O2S/c1-16-11-13-17(14-12-16)15-25-22-19-9-5-6-10-20(19)26-23(22)21(24)18-7-3-2-4-8-18/h2-14H,15H2,1H3. The molecule has 2 nitrogen and oxygen atoms in total. The van der Waals surface area contributed by atoms with E-state index in [4.69, 9.17) is 4.74 Å². The van der Waals surface area contributed by atoms with E-state index in [1.54, 1.807) is 0 Å². The summed E-state index contributed by atoms with van der Waals surface area (Å²) in [6, 6.07) is 25.6. The fourth-order valence-electron chi connectivity index (χ4n) is 2.88. The van der Waals surface area contributed by atoms with Crippen molar-refractivity contribution in [2.24, 2.45) is 0 Å². The molecule has 3 aromatic carbocycles. The maximum atomic E-state index is 13.0.